The molecule has 4 aromatic rings. The lowest BCUT2D eigenvalue weighted by atomic mass is 9.95. The summed E-state index contributed by atoms with van der Waals surface area (Å²) in [6, 6.07) is 6.83. The lowest BCUT2D eigenvalue weighted by Gasteiger charge is -2.27. The molecule has 1 saturated heterocycles. The van der Waals surface area contributed by atoms with Gasteiger partial charge in [-0.05, 0) is 58.0 Å². The number of nitrogens with zero attached hydrogens (tertiary/aromatic N) is 7. The molecule has 1 aliphatic heterocycles. The third-order valence-corrected chi connectivity index (χ3v) is 7.37. The molecule has 192 valence electrons. The molecule has 1 aliphatic carbocycles. The molecule has 0 radical (unpaired) electrons. The first-order valence-corrected chi connectivity index (χ1v) is 13.0. The predicted octanol–water partition coefficient (Wildman–Crippen LogP) is 4.45. The van der Waals surface area contributed by atoms with Crippen LogP contribution in [0.25, 0.3) is 22.3 Å². The minimum Gasteiger partial charge on any atom is -0.356 e. The number of amides is 1. The van der Waals surface area contributed by atoms with E-state index in [0.29, 0.717) is 11.6 Å². The van der Waals surface area contributed by atoms with E-state index in [-0.39, 0.29) is 7.33 Å². The molecule has 1 saturated carbocycles. The van der Waals surface area contributed by atoms with Crippen molar-refractivity contribution in [2.75, 3.05) is 39.5 Å². The molecule has 5 heterocycles. The second-order valence-electron chi connectivity index (χ2n) is 9.94. The van der Waals surface area contributed by atoms with Crippen molar-refractivity contribution in [1.82, 2.24) is 33.8 Å². The topological polar surface area (TPSA) is 83.1 Å². The summed E-state index contributed by atoms with van der Waals surface area (Å²) < 4.78 is 3.67. The fourth-order valence-corrected chi connectivity index (χ4v) is 5.24. The number of rotatable bonds is 4. The Balaban J connectivity index is 0.000000274. The second kappa shape index (κ2) is 10.7. The molecule has 0 unspecified atom stereocenters. The van der Waals surface area contributed by atoms with Gasteiger partial charge in [-0.25, -0.2) is 14.5 Å². The van der Waals surface area contributed by atoms with Gasteiger partial charge in [-0.15, -0.1) is 5.10 Å². The number of pyridine rings is 1. The number of hydrogen-bond acceptors (Lipinski definition) is 6. The van der Waals surface area contributed by atoms with Crippen LogP contribution in [0.1, 0.15) is 56.9 Å². The van der Waals surface area contributed by atoms with Gasteiger partial charge in [-0.1, -0.05) is 19.3 Å². The van der Waals surface area contributed by atoms with Gasteiger partial charge in [0.2, 0.25) is 5.95 Å². The molecule has 4 aromatic heterocycles. The zero-order chi connectivity index (χ0) is 25.1. The molecule has 2 aliphatic rings. The second-order valence-corrected chi connectivity index (χ2v) is 9.94. The quantitative estimate of drug-likeness (QED) is 0.455. The van der Waals surface area contributed by atoms with Crippen molar-refractivity contribution >= 4 is 23.0 Å². The standard InChI is InChI=1S/C19H19N7O.C8H17N.H2/c1-20-19-22-10-15-14(6-9-26(15)23-19)13-4-5-17-21-11-16(25(17)12-13)18(27)24-7-2-3-8-24;1-9(2)8-6-4-3-5-7-8;/h4-6,9-12H,2-3,7-8H2,1H3,(H,20,23);8H,3-7H2,1-2H3;1H. The highest BCUT2D eigenvalue weighted by molar-refractivity contribution is 5.93. The van der Waals surface area contributed by atoms with Crippen molar-refractivity contribution in [2.45, 2.75) is 51.0 Å². The zero-order valence-electron chi connectivity index (χ0n) is 21.5. The van der Waals surface area contributed by atoms with Crippen LogP contribution in [-0.2, 0) is 0 Å². The van der Waals surface area contributed by atoms with Crippen LogP contribution in [0.2, 0.25) is 0 Å². The van der Waals surface area contributed by atoms with E-state index in [4.69, 9.17) is 0 Å². The maximum Gasteiger partial charge on any atom is 0.272 e. The Morgan fingerprint density at radius 1 is 1.03 bits per heavy atom. The van der Waals surface area contributed by atoms with Crippen molar-refractivity contribution in [3.8, 4) is 11.1 Å². The summed E-state index contributed by atoms with van der Waals surface area (Å²) in [5.41, 5.74) is 4.26. The summed E-state index contributed by atoms with van der Waals surface area (Å²) >= 11 is 0. The number of likely N-dealkylation sites (tertiary alicyclic amines) is 1. The fourth-order valence-electron chi connectivity index (χ4n) is 5.24. The van der Waals surface area contributed by atoms with Gasteiger partial charge in [-0.3, -0.25) is 9.20 Å². The Hall–Kier alpha value is -3.46. The number of anilines is 1. The highest BCUT2D eigenvalue weighted by Crippen LogP contribution is 2.26. The Labute approximate surface area is 213 Å². The number of hydrogen-bond donors (Lipinski definition) is 1. The molecular weight excluding hydrogens is 452 g/mol. The van der Waals surface area contributed by atoms with E-state index in [0.717, 1.165) is 54.3 Å². The van der Waals surface area contributed by atoms with Gasteiger partial charge in [0.1, 0.15) is 11.3 Å². The Morgan fingerprint density at radius 2 is 1.81 bits per heavy atom. The van der Waals surface area contributed by atoms with Crippen LogP contribution in [0.3, 0.4) is 0 Å². The van der Waals surface area contributed by atoms with E-state index in [1.165, 1.54) is 32.1 Å². The van der Waals surface area contributed by atoms with Gasteiger partial charge >= 0.3 is 0 Å². The van der Waals surface area contributed by atoms with Crippen molar-refractivity contribution < 1.29 is 6.22 Å². The van der Waals surface area contributed by atoms with Crippen LogP contribution in [-0.4, -0.2) is 80.0 Å². The van der Waals surface area contributed by atoms with E-state index >= 15 is 0 Å². The first kappa shape index (κ1) is 24.2. The summed E-state index contributed by atoms with van der Waals surface area (Å²) in [6.45, 7) is 1.64. The van der Waals surface area contributed by atoms with Gasteiger partial charge in [0.15, 0.2) is 0 Å². The van der Waals surface area contributed by atoms with Crippen LogP contribution >= 0.6 is 0 Å². The van der Waals surface area contributed by atoms with Crippen LogP contribution in [0, 0.1) is 0 Å². The summed E-state index contributed by atoms with van der Waals surface area (Å²) in [4.78, 5) is 25.8. The monoisotopic (exact) mass is 490 g/mol. The first-order chi connectivity index (χ1) is 17.5. The number of nitrogens with one attached hydrogen (secondary N) is 1. The maximum atomic E-state index is 12.8. The Morgan fingerprint density at radius 3 is 2.50 bits per heavy atom. The maximum absolute atomic E-state index is 12.8. The lowest BCUT2D eigenvalue weighted by Crippen LogP contribution is -2.29. The Kier molecular flexibility index (Phi) is 7.18. The molecule has 2 fully saturated rings. The molecule has 9 nitrogen and oxygen atoms in total. The van der Waals surface area contributed by atoms with Crippen LogP contribution in [0.5, 0.6) is 0 Å². The zero-order valence-corrected chi connectivity index (χ0v) is 21.5. The summed E-state index contributed by atoms with van der Waals surface area (Å²) in [5.74, 6) is 0.606. The summed E-state index contributed by atoms with van der Waals surface area (Å²) in [5, 5.41) is 7.34. The Bertz CT molecular complexity index is 1330. The van der Waals surface area contributed by atoms with Crippen molar-refractivity contribution in [2.24, 2.45) is 0 Å². The van der Waals surface area contributed by atoms with Crippen LogP contribution in [0.15, 0.2) is 43.0 Å². The molecule has 9 heteroatoms. The van der Waals surface area contributed by atoms with Gasteiger partial charge in [0, 0.05) is 51.1 Å². The average molecular weight is 491 g/mol. The normalized spacial score (nSPS) is 16.5. The molecule has 6 rings (SSSR count). The number of aromatic nitrogens is 5. The predicted molar refractivity (Wildman–Crippen MR) is 145 cm³/mol. The average Bonchev–Trinajstić information content (AvgIpc) is 3.68. The molecule has 36 heavy (non-hydrogen) atoms. The highest BCUT2D eigenvalue weighted by atomic mass is 16.2. The number of carbonyl (C=O) groups is 1. The minimum atomic E-state index is 0. The number of imidazole rings is 1. The van der Waals surface area contributed by atoms with Gasteiger partial charge in [0.05, 0.1) is 17.9 Å². The first-order valence-electron chi connectivity index (χ1n) is 13.0. The molecule has 1 N–H and O–H groups in total. The third kappa shape index (κ3) is 4.93. The molecule has 0 aromatic carbocycles. The van der Waals surface area contributed by atoms with Gasteiger partial charge in [0.25, 0.3) is 5.91 Å². The highest BCUT2D eigenvalue weighted by Gasteiger charge is 2.22. The van der Waals surface area contributed by atoms with Crippen molar-refractivity contribution in [3.63, 3.8) is 0 Å². The summed E-state index contributed by atoms with van der Waals surface area (Å²) in [7, 11) is 6.17. The lowest BCUT2D eigenvalue weighted by molar-refractivity contribution is 0.0786. The van der Waals surface area contributed by atoms with E-state index in [1.807, 2.05) is 39.9 Å². The molecule has 0 atom stereocenters. The van der Waals surface area contributed by atoms with Gasteiger partial charge in [-0.2, -0.15) is 0 Å². The van der Waals surface area contributed by atoms with E-state index in [9.17, 15) is 4.79 Å². The fraction of sp³-hybridized carbons (Fsp3) is 0.481. The van der Waals surface area contributed by atoms with Crippen molar-refractivity contribution in [3.05, 3.63) is 48.7 Å². The minimum absolute atomic E-state index is 0. The molecule has 1 amide bonds. The summed E-state index contributed by atoms with van der Waals surface area (Å²) in [6.07, 6.45) is 16.7. The number of fused-ring (bicyclic) bond motifs is 2. The SMILES string of the molecule is CN(C)C1CCCCC1.CNc1ncc2c(-c3ccc4ncc(C(=O)N5CCCC5)n4c3)ccn2n1.[HH]. The van der Waals surface area contributed by atoms with E-state index < -0.39 is 0 Å². The molecular formula is C27H38N8O. The molecule has 0 bridgehead atoms. The largest absolute Gasteiger partial charge is 0.356 e. The van der Waals surface area contributed by atoms with Crippen LogP contribution in [0.4, 0.5) is 5.95 Å². The van der Waals surface area contributed by atoms with E-state index in [2.05, 4.69) is 39.4 Å². The number of carbonyl (C=O) groups excluding carboxylic acids is 1. The smallest absolute Gasteiger partial charge is 0.272 e. The van der Waals surface area contributed by atoms with Gasteiger partial charge < -0.3 is 15.1 Å². The molecule has 0 spiro atoms. The van der Waals surface area contributed by atoms with Crippen LogP contribution < -0.4 is 5.32 Å². The van der Waals surface area contributed by atoms with Crippen molar-refractivity contribution in [1.29, 1.82) is 0 Å². The van der Waals surface area contributed by atoms with E-state index in [1.54, 1.807) is 24.0 Å². The third-order valence-electron chi connectivity index (χ3n) is 7.37.